The van der Waals surface area contributed by atoms with E-state index in [1.807, 2.05) is 19.3 Å². The van der Waals surface area contributed by atoms with Gasteiger partial charge in [-0.1, -0.05) is 19.8 Å². The molecule has 2 rings (SSSR count). The molecule has 0 saturated heterocycles. The summed E-state index contributed by atoms with van der Waals surface area (Å²) in [6.45, 7) is 3.11. The first-order valence-electron chi connectivity index (χ1n) is 7.18. The zero-order valence-corrected chi connectivity index (χ0v) is 11.9. The zero-order chi connectivity index (χ0) is 13.7. The van der Waals surface area contributed by atoms with Gasteiger partial charge in [-0.3, -0.25) is 4.68 Å². The number of ether oxygens (including phenoxy) is 1. The van der Waals surface area contributed by atoms with Crippen molar-refractivity contribution in [2.24, 2.45) is 13.0 Å². The van der Waals surface area contributed by atoms with Crippen LogP contribution in [-0.4, -0.2) is 40.2 Å². The van der Waals surface area contributed by atoms with Gasteiger partial charge in [-0.25, -0.2) is 0 Å². The van der Waals surface area contributed by atoms with Crippen LogP contribution in [0, 0.1) is 5.92 Å². The van der Waals surface area contributed by atoms with E-state index in [9.17, 15) is 5.11 Å². The van der Waals surface area contributed by atoms with Crippen LogP contribution in [0.4, 0.5) is 5.82 Å². The second-order valence-corrected chi connectivity index (χ2v) is 5.54. The predicted octanol–water partition coefficient (Wildman–Crippen LogP) is 1.79. The fraction of sp³-hybridized carbons (Fsp3) is 0.786. The van der Waals surface area contributed by atoms with Crippen LogP contribution in [0.2, 0.25) is 0 Å². The molecular formula is C14H25N3O2. The molecule has 0 aliphatic heterocycles. The van der Waals surface area contributed by atoms with E-state index in [1.165, 1.54) is 19.3 Å². The minimum Gasteiger partial charge on any atom is -0.389 e. The molecule has 0 spiro atoms. The van der Waals surface area contributed by atoms with Crippen LogP contribution in [0.15, 0.2) is 12.3 Å². The van der Waals surface area contributed by atoms with Crippen molar-refractivity contribution in [3.63, 3.8) is 0 Å². The number of aromatic nitrogens is 2. The molecule has 0 bridgehead atoms. The molecule has 2 N–H and O–H groups in total. The van der Waals surface area contributed by atoms with Crippen molar-refractivity contribution in [1.82, 2.24) is 9.78 Å². The standard InChI is InChI=1S/C14H25N3O2/c1-11-5-3-4-6-13(11)19-10-12(18)9-15-14-7-8-17(2)16-14/h7-8,11-13,18H,3-6,9-10H2,1-2H3,(H,15,16). The van der Waals surface area contributed by atoms with Gasteiger partial charge in [0.25, 0.3) is 0 Å². The molecule has 108 valence electrons. The Morgan fingerprint density at radius 2 is 2.32 bits per heavy atom. The number of aliphatic hydroxyl groups is 1. The molecule has 1 aliphatic carbocycles. The van der Waals surface area contributed by atoms with Crippen molar-refractivity contribution < 1.29 is 9.84 Å². The average molecular weight is 267 g/mol. The Bertz CT molecular complexity index is 381. The topological polar surface area (TPSA) is 59.3 Å². The van der Waals surface area contributed by atoms with Gasteiger partial charge in [0.2, 0.25) is 0 Å². The minimum atomic E-state index is -0.490. The Morgan fingerprint density at radius 3 is 3.00 bits per heavy atom. The summed E-state index contributed by atoms with van der Waals surface area (Å²) in [5, 5.41) is 17.2. The molecule has 5 heteroatoms. The van der Waals surface area contributed by atoms with Crippen molar-refractivity contribution in [2.75, 3.05) is 18.5 Å². The molecule has 0 amide bonds. The van der Waals surface area contributed by atoms with E-state index in [-0.39, 0.29) is 0 Å². The summed E-state index contributed by atoms with van der Waals surface area (Å²) < 4.78 is 7.57. The van der Waals surface area contributed by atoms with E-state index < -0.39 is 6.10 Å². The van der Waals surface area contributed by atoms with Crippen LogP contribution < -0.4 is 5.32 Å². The average Bonchev–Trinajstić information content (AvgIpc) is 2.81. The number of nitrogens with one attached hydrogen (secondary N) is 1. The van der Waals surface area contributed by atoms with Gasteiger partial charge in [-0.2, -0.15) is 5.10 Å². The van der Waals surface area contributed by atoms with Crippen molar-refractivity contribution in [3.05, 3.63) is 12.3 Å². The predicted molar refractivity (Wildman–Crippen MR) is 75.1 cm³/mol. The highest BCUT2D eigenvalue weighted by Crippen LogP contribution is 2.26. The number of aryl methyl sites for hydroxylation is 1. The van der Waals surface area contributed by atoms with Crippen molar-refractivity contribution in [2.45, 2.75) is 44.8 Å². The molecule has 1 heterocycles. The van der Waals surface area contributed by atoms with Crippen LogP contribution in [0.25, 0.3) is 0 Å². The molecule has 1 saturated carbocycles. The Labute approximate surface area is 115 Å². The van der Waals surface area contributed by atoms with Crippen LogP contribution >= 0.6 is 0 Å². The Balaban J connectivity index is 1.65. The largest absolute Gasteiger partial charge is 0.389 e. The van der Waals surface area contributed by atoms with Gasteiger partial charge in [0.15, 0.2) is 0 Å². The number of aliphatic hydroxyl groups excluding tert-OH is 1. The lowest BCUT2D eigenvalue weighted by Gasteiger charge is -2.29. The maximum Gasteiger partial charge on any atom is 0.148 e. The SMILES string of the molecule is CC1CCCCC1OCC(O)CNc1ccn(C)n1. The molecule has 1 aliphatic rings. The first-order chi connectivity index (χ1) is 9.15. The lowest BCUT2D eigenvalue weighted by molar-refractivity contribution is -0.0424. The first kappa shape index (κ1) is 14.3. The van der Waals surface area contributed by atoms with Crippen LogP contribution in [0.5, 0.6) is 0 Å². The summed E-state index contributed by atoms with van der Waals surface area (Å²) in [7, 11) is 1.87. The number of anilines is 1. The summed E-state index contributed by atoms with van der Waals surface area (Å²) in [5.41, 5.74) is 0. The lowest BCUT2D eigenvalue weighted by Crippen LogP contribution is -2.32. The quantitative estimate of drug-likeness (QED) is 0.825. The van der Waals surface area contributed by atoms with Gasteiger partial charge in [-0.15, -0.1) is 0 Å². The van der Waals surface area contributed by atoms with Crippen LogP contribution in [0.1, 0.15) is 32.6 Å². The number of nitrogens with zero attached hydrogens (tertiary/aromatic N) is 2. The third kappa shape index (κ3) is 4.51. The highest BCUT2D eigenvalue weighted by atomic mass is 16.5. The second kappa shape index (κ2) is 6.91. The van der Waals surface area contributed by atoms with Gasteiger partial charge in [0, 0.05) is 25.9 Å². The summed E-state index contributed by atoms with van der Waals surface area (Å²) in [6, 6.07) is 1.89. The monoisotopic (exact) mass is 267 g/mol. The van der Waals surface area contributed by atoms with E-state index in [2.05, 4.69) is 17.3 Å². The van der Waals surface area contributed by atoms with Crippen molar-refractivity contribution in [3.8, 4) is 0 Å². The van der Waals surface area contributed by atoms with E-state index in [0.717, 1.165) is 12.2 Å². The molecule has 1 aromatic heterocycles. The van der Waals surface area contributed by atoms with E-state index >= 15 is 0 Å². The molecule has 0 aromatic carbocycles. The summed E-state index contributed by atoms with van der Waals surface area (Å²) in [5.74, 6) is 1.40. The Morgan fingerprint density at radius 1 is 1.53 bits per heavy atom. The van der Waals surface area contributed by atoms with Gasteiger partial charge < -0.3 is 15.2 Å². The maximum atomic E-state index is 9.91. The Hall–Kier alpha value is -1.07. The highest BCUT2D eigenvalue weighted by Gasteiger charge is 2.22. The van der Waals surface area contributed by atoms with E-state index in [1.54, 1.807) is 4.68 Å². The molecule has 0 radical (unpaired) electrons. The van der Waals surface area contributed by atoms with Gasteiger partial charge >= 0.3 is 0 Å². The first-order valence-corrected chi connectivity index (χ1v) is 7.18. The Kier molecular flexibility index (Phi) is 5.22. The van der Waals surface area contributed by atoms with Crippen LogP contribution in [-0.2, 0) is 11.8 Å². The molecule has 5 nitrogen and oxygen atoms in total. The fourth-order valence-electron chi connectivity index (χ4n) is 2.56. The number of hydrogen-bond donors (Lipinski definition) is 2. The van der Waals surface area contributed by atoms with Crippen LogP contribution in [0.3, 0.4) is 0 Å². The zero-order valence-electron chi connectivity index (χ0n) is 11.9. The summed E-state index contributed by atoms with van der Waals surface area (Å²) in [4.78, 5) is 0. The summed E-state index contributed by atoms with van der Waals surface area (Å²) in [6.07, 6.45) is 6.63. The summed E-state index contributed by atoms with van der Waals surface area (Å²) >= 11 is 0. The smallest absolute Gasteiger partial charge is 0.148 e. The minimum absolute atomic E-state index is 0.318. The molecule has 3 atom stereocenters. The third-order valence-corrected chi connectivity index (χ3v) is 3.77. The highest BCUT2D eigenvalue weighted by molar-refractivity contribution is 5.31. The van der Waals surface area contributed by atoms with Gasteiger partial charge in [-0.05, 0) is 18.8 Å². The fourth-order valence-corrected chi connectivity index (χ4v) is 2.56. The second-order valence-electron chi connectivity index (χ2n) is 5.54. The van der Waals surface area contributed by atoms with Gasteiger partial charge in [0.1, 0.15) is 5.82 Å². The molecule has 1 fully saturated rings. The molecule has 1 aromatic rings. The van der Waals surface area contributed by atoms with Crippen molar-refractivity contribution >= 4 is 5.82 Å². The normalized spacial score (nSPS) is 25.2. The van der Waals surface area contributed by atoms with E-state index in [4.69, 9.17) is 4.74 Å². The molecular weight excluding hydrogens is 242 g/mol. The van der Waals surface area contributed by atoms with Crippen molar-refractivity contribution in [1.29, 1.82) is 0 Å². The van der Waals surface area contributed by atoms with Gasteiger partial charge in [0.05, 0.1) is 18.8 Å². The number of rotatable bonds is 6. The number of hydrogen-bond acceptors (Lipinski definition) is 4. The third-order valence-electron chi connectivity index (χ3n) is 3.77. The molecule has 19 heavy (non-hydrogen) atoms. The lowest BCUT2D eigenvalue weighted by atomic mass is 9.88. The van der Waals surface area contributed by atoms with E-state index in [0.29, 0.717) is 25.2 Å². The maximum absolute atomic E-state index is 9.91. The molecule has 3 unspecified atom stereocenters.